The van der Waals surface area contributed by atoms with E-state index in [1.165, 1.54) is 23.7 Å². The number of carbonyl (C=O) groups excluding carboxylic acids is 2. The van der Waals surface area contributed by atoms with E-state index in [4.69, 9.17) is 4.74 Å². The van der Waals surface area contributed by atoms with Crippen LogP contribution in [0.15, 0.2) is 29.4 Å². The highest BCUT2D eigenvalue weighted by molar-refractivity contribution is 8.00. The molecule has 1 atom stereocenters. The van der Waals surface area contributed by atoms with Crippen molar-refractivity contribution in [1.82, 2.24) is 19.7 Å². The van der Waals surface area contributed by atoms with E-state index in [1.807, 2.05) is 18.7 Å². The van der Waals surface area contributed by atoms with Gasteiger partial charge in [-0.05, 0) is 65.0 Å². The van der Waals surface area contributed by atoms with Crippen LogP contribution in [0.4, 0.5) is 5.95 Å². The van der Waals surface area contributed by atoms with Crippen molar-refractivity contribution in [1.29, 1.82) is 0 Å². The van der Waals surface area contributed by atoms with Crippen LogP contribution in [0.25, 0.3) is 5.69 Å². The minimum atomic E-state index is -0.304. The highest BCUT2D eigenvalue weighted by Crippen LogP contribution is 2.32. The molecule has 0 N–H and O–H groups in total. The van der Waals surface area contributed by atoms with Gasteiger partial charge in [0.05, 0.1) is 23.5 Å². The number of aromatic nitrogens is 3. The normalized spacial score (nSPS) is 18.1. The number of ether oxygens (including phenoxy) is 1. The Bertz CT molecular complexity index is 979. The standard InChI is InChI=1S/C25H35N5O3S/c1-4-33-23(32)20-12-16-28(17-13-20)22(31)19(3)34-25-27-26-24(29-14-6-5-7-15-29)30(25)21-10-8-18(2)9-11-21/h8-11,19-20H,4-7,12-17H2,1-3H3. The van der Waals surface area contributed by atoms with Gasteiger partial charge in [0, 0.05) is 26.2 Å². The number of anilines is 1. The van der Waals surface area contributed by atoms with Crippen LogP contribution in [0.5, 0.6) is 0 Å². The van der Waals surface area contributed by atoms with Crippen LogP contribution in [-0.4, -0.2) is 69.6 Å². The van der Waals surface area contributed by atoms with Gasteiger partial charge in [-0.3, -0.25) is 14.2 Å². The van der Waals surface area contributed by atoms with E-state index in [0.29, 0.717) is 32.5 Å². The van der Waals surface area contributed by atoms with Gasteiger partial charge in [0.1, 0.15) is 0 Å². The van der Waals surface area contributed by atoms with Crippen molar-refractivity contribution < 1.29 is 14.3 Å². The minimum Gasteiger partial charge on any atom is -0.466 e. The van der Waals surface area contributed by atoms with Gasteiger partial charge in [-0.25, -0.2) is 0 Å². The molecule has 2 aliphatic rings. The maximum atomic E-state index is 13.2. The zero-order chi connectivity index (χ0) is 24.1. The summed E-state index contributed by atoms with van der Waals surface area (Å²) in [6, 6.07) is 8.35. The van der Waals surface area contributed by atoms with E-state index in [2.05, 4.69) is 50.9 Å². The Hall–Kier alpha value is -2.55. The number of likely N-dealkylation sites (tertiary alicyclic amines) is 1. The van der Waals surface area contributed by atoms with Crippen molar-refractivity contribution in [3.63, 3.8) is 0 Å². The highest BCUT2D eigenvalue weighted by Gasteiger charge is 2.31. The van der Waals surface area contributed by atoms with E-state index in [0.717, 1.165) is 42.7 Å². The first-order valence-corrected chi connectivity index (χ1v) is 13.3. The summed E-state index contributed by atoms with van der Waals surface area (Å²) >= 11 is 1.45. The average molecular weight is 486 g/mol. The molecule has 34 heavy (non-hydrogen) atoms. The fourth-order valence-electron chi connectivity index (χ4n) is 4.62. The van der Waals surface area contributed by atoms with Crippen molar-refractivity contribution in [2.45, 2.75) is 63.3 Å². The van der Waals surface area contributed by atoms with Crippen LogP contribution < -0.4 is 4.90 Å². The molecule has 2 aromatic rings. The maximum Gasteiger partial charge on any atom is 0.309 e. The predicted octanol–water partition coefficient (Wildman–Crippen LogP) is 3.85. The highest BCUT2D eigenvalue weighted by atomic mass is 32.2. The lowest BCUT2D eigenvalue weighted by Crippen LogP contribution is -2.43. The van der Waals surface area contributed by atoms with Crippen molar-refractivity contribution in [2.24, 2.45) is 5.92 Å². The lowest BCUT2D eigenvalue weighted by molar-refractivity contribution is -0.151. The Morgan fingerprint density at radius 2 is 1.74 bits per heavy atom. The lowest BCUT2D eigenvalue weighted by Gasteiger charge is -2.32. The van der Waals surface area contributed by atoms with E-state index in [-0.39, 0.29) is 23.0 Å². The number of benzene rings is 1. The molecule has 2 fully saturated rings. The Kier molecular flexibility index (Phi) is 8.13. The molecule has 0 bridgehead atoms. The van der Waals surface area contributed by atoms with Gasteiger partial charge in [-0.2, -0.15) is 0 Å². The fraction of sp³-hybridized carbons (Fsp3) is 0.600. The minimum absolute atomic E-state index is 0.0743. The second-order valence-corrected chi connectivity index (χ2v) is 10.4. The summed E-state index contributed by atoms with van der Waals surface area (Å²) in [5.74, 6) is 0.670. The van der Waals surface area contributed by atoms with Gasteiger partial charge >= 0.3 is 5.97 Å². The van der Waals surface area contributed by atoms with Gasteiger partial charge < -0.3 is 14.5 Å². The maximum absolute atomic E-state index is 13.2. The molecule has 0 saturated carbocycles. The van der Waals surface area contributed by atoms with E-state index < -0.39 is 0 Å². The number of hydrogen-bond acceptors (Lipinski definition) is 7. The summed E-state index contributed by atoms with van der Waals surface area (Å²) in [5.41, 5.74) is 2.20. The summed E-state index contributed by atoms with van der Waals surface area (Å²) in [7, 11) is 0. The number of rotatable bonds is 7. The predicted molar refractivity (Wildman–Crippen MR) is 133 cm³/mol. The molecule has 9 heteroatoms. The summed E-state index contributed by atoms with van der Waals surface area (Å²) < 4.78 is 7.24. The zero-order valence-corrected chi connectivity index (χ0v) is 21.2. The van der Waals surface area contributed by atoms with Crippen LogP contribution in [0.2, 0.25) is 0 Å². The van der Waals surface area contributed by atoms with Gasteiger partial charge in [0.2, 0.25) is 11.9 Å². The molecule has 4 rings (SSSR count). The second-order valence-electron chi connectivity index (χ2n) is 9.11. The number of hydrogen-bond donors (Lipinski definition) is 0. The van der Waals surface area contributed by atoms with E-state index >= 15 is 0 Å². The fourth-order valence-corrected chi connectivity index (χ4v) is 5.56. The first kappa shape index (κ1) is 24.6. The van der Waals surface area contributed by atoms with Crippen molar-refractivity contribution in [3.8, 4) is 5.69 Å². The van der Waals surface area contributed by atoms with Crippen LogP contribution >= 0.6 is 11.8 Å². The summed E-state index contributed by atoms with van der Waals surface area (Å²) in [5, 5.41) is 9.49. The molecule has 1 aromatic carbocycles. The smallest absolute Gasteiger partial charge is 0.309 e. The number of carbonyl (C=O) groups is 2. The van der Waals surface area contributed by atoms with Crippen LogP contribution in [0.3, 0.4) is 0 Å². The van der Waals surface area contributed by atoms with Crippen molar-refractivity contribution >= 4 is 29.6 Å². The van der Waals surface area contributed by atoms with Crippen molar-refractivity contribution in [3.05, 3.63) is 29.8 Å². The van der Waals surface area contributed by atoms with Gasteiger partial charge in [-0.1, -0.05) is 29.5 Å². The number of piperidine rings is 2. The molecular formula is C25H35N5O3S. The zero-order valence-electron chi connectivity index (χ0n) is 20.4. The summed E-state index contributed by atoms with van der Waals surface area (Å²) in [6.07, 6.45) is 4.86. The molecule has 1 unspecified atom stereocenters. The van der Waals surface area contributed by atoms with Gasteiger partial charge in [0.15, 0.2) is 5.16 Å². The molecule has 2 aliphatic heterocycles. The van der Waals surface area contributed by atoms with Crippen molar-refractivity contribution in [2.75, 3.05) is 37.7 Å². The number of amides is 1. The Morgan fingerprint density at radius 1 is 1.06 bits per heavy atom. The Labute approximate surface area is 206 Å². The first-order valence-electron chi connectivity index (χ1n) is 12.4. The SMILES string of the molecule is CCOC(=O)C1CCN(C(=O)C(C)Sc2nnc(N3CCCCC3)n2-c2ccc(C)cc2)CC1. The van der Waals surface area contributed by atoms with Gasteiger partial charge in [0.25, 0.3) is 0 Å². The topological polar surface area (TPSA) is 80.6 Å². The molecule has 0 spiro atoms. The van der Waals surface area contributed by atoms with Crippen LogP contribution in [0.1, 0.15) is 51.5 Å². The van der Waals surface area contributed by atoms with E-state index in [1.54, 1.807) is 0 Å². The monoisotopic (exact) mass is 485 g/mol. The largest absolute Gasteiger partial charge is 0.466 e. The number of thioether (sulfide) groups is 1. The molecule has 1 aromatic heterocycles. The third-order valence-electron chi connectivity index (χ3n) is 6.60. The molecular weight excluding hydrogens is 450 g/mol. The molecule has 0 radical (unpaired) electrons. The Balaban J connectivity index is 1.48. The lowest BCUT2D eigenvalue weighted by atomic mass is 9.97. The first-order chi connectivity index (χ1) is 16.5. The summed E-state index contributed by atoms with van der Waals surface area (Å²) in [4.78, 5) is 29.4. The average Bonchev–Trinajstić information content (AvgIpc) is 3.28. The number of nitrogens with zero attached hydrogens (tertiary/aromatic N) is 5. The molecule has 8 nitrogen and oxygen atoms in total. The van der Waals surface area contributed by atoms with Gasteiger partial charge in [-0.15, -0.1) is 10.2 Å². The second kappa shape index (κ2) is 11.3. The Morgan fingerprint density at radius 3 is 2.38 bits per heavy atom. The summed E-state index contributed by atoms with van der Waals surface area (Å²) in [6.45, 7) is 9.32. The number of aryl methyl sites for hydroxylation is 1. The molecule has 1 amide bonds. The van der Waals surface area contributed by atoms with Crippen LogP contribution in [0, 0.1) is 12.8 Å². The molecule has 0 aliphatic carbocycles. The van der Waals surface area contributed by atoms with Crippen LogP contribution in [-0.2, 0) is 14.3 Å². The molecule has 184 valence electrons. The molecule has 3 heterocycles. The third-order valence-corrected chi connectivity index (χ3v) is 7.63. The third kappa shape index (κ3) is 5.56. The van der Waals surface area contributed by atoms with E-state index in [9.17, 15) is 9.59 Å². The molecule has 2 saturated heterocycles. The quantitative estimate of drug-likeness (QED) is 0.435. The number of esters is 1.